The van der Waals surface area contributed by atoms with Crippen molar-refractivity contribution in [1.29, 1.82) is 0 Å². The van der Waals surface area contributed by atoms with Crippen LogP contribution in [0.15, 0.2) is 24.5 Å². The van der Waals surface area contributed by atoms with Gasteiger partial charge in [0.05, 0.1) is 0 Å². The summed E-state index contributed by atoms with van der Waals surface area (Å²) in [5, 5.41) is 10.9. The first kappa shape index (κ1) is 13.3. The maximum Gasteiger partial charge on any atom is 0.405 e. The van der Waals surface area contributed by atoms with Crippen molar-refractivity contribution in [2.75, 3.05) is 6.54 Å². The Morgan fingerprint density at radius 2 is 2.24 bits per heavy atom. The van der Waals surface area contributed by atoms with E-state index in [0.29, 0.717) is 0 Å². The van der Waals surface area contributed by atoms with Crippen LogP contribution in [0.1, 0.15) is 13.0 Å². The standard InChI is InChI=1S/C10H11F3N2O2/c1-7(9(17)14-6-10(11,12)13)15-4-2-3-8(16)5-15/h2-5,7H,6H2,1H3,(H-,14,16,17)/p+1/t7-/m0/s1. The summed E-state index contributed by atoms with van der Waals surface area (Å²) in [7, 11) is 0. The molecule has 1 aromatic rings. The van der Waals surface area contributed by atoms with Crippen LogP contribution in [0, 0.1) is 0 Å². The van der Waals surface area contributed by atoms with Crippen LogP contribution in [0.3, 0.4) is 0 Å². The first-order chi connectivity index (χ1) is 7.79. The molecule has 0 aliphatic carbocycles. The number of nitrogens with one attached hydrogen (secondary N) is 1. The van der Waals surface area contributed by atoms with Gasteiger partial charge in [0.2, 0.25) is 12.2 Å². The molecule has 0 radical (unpaired) electrons. The van der Waals surface area contributed by atoms with Crippen LogP contribution in [0.25, 0.3) is 0 Å². The minimum Gasteiger partial charge on any atom is -0.503 e. The Bertz CT molecular complexity index is 407. The number of aromatic hydroxyl groups is 1. The van der Waals surface area contributed by atoms with Crippen LogP contribution in [0.4, 0.5) is 13.2 Å². The Kier molecular flexibility index (Phi) is 3.93. The zero-order chi connectivity index (χ0) is 13.1. The highest BCUT2D eigenvalue weighted by Crippen LogP contribution is 2.12. The van der Waals surface area contributed by atoms with Crippen molar-refractivity contribution >= 4 is 5.91 Å². The number of nitrogens with zero attached hydrogens (tertiary/aromatic N) is 1. The van der Waals surface area contributed by atoms with Crippen molar-refractivity contribution in [2.24, 2.45) is 0 Å². The second kappa shape index (κ2) is 5.03. The lowest BCUT2D eigenvalue weighted by molar-refractivity contribution is -0.706. The van der Waals surface area contributed by atoms with Gasteiger partial charge in [-0.2, -0.15) is 17.7 Å². The van der Waals surface area contributed by atoms with Gasteiger partial charge < -0.3 is 10.4 Å². The Labute approximate surface area is 95.7 Å². The van der Waals surface area contributed by atoms with E-state index in [1.165, 1.54) is 36.0 Å². The molecule has 0 aliphatic heterocycles. The van der Waals surface area contributed by atoms with E-state index in [1.807, 2.05) is 0 Å². The molecule has 1 rings (SSSR count). The molecular weight excluding hydrogens is 237 g/mol. The third-order valence-corrected chi connectivity index (χ3v) is 2.10. The summed E-state index contributed by atoms with van der Waals surface area (Å²) in [6.07, 6.45) is -1.69. The van der Waals surface area contributed by atoms with Gasteiger partial charge in [-0.25, -0.2) is 0 Å². The minimum absolute atomic E-state index is 0.0667. The molecule has 1 amide bonds. The Balaban J connectivity index is 2.64. The first-order valence-electron chi connectivity index (χ1n) is 4.84. The number of aromatic nitrogens is 1. The summed E-state index contributed by atoms with van der Waals surface area (Å²) in [5.74, 6) is -0.833. The normalized spacial score (nSPS) is 13.2. The number of amides is 1. The molecule has 94 valence electrons. The molecule has 0 saturated heterocycles. The predicted molar refractivity (Wildman–Crippen MR) is 52.1 cm³/mol. The maximum absolute atomic E-state index is 11.9. The molecule has 0 saturated carbocycles. The van der Waals surface area contributed by atoms with E-state index in [-0.39, 0.29) is 5.75 Å². The SMILES string of the molecule is C[C@@H](C(=O)NCC(F)(F)F)[n+]1cccc(O)c1. The molecule has 1 aromatic heterocycles. The van der Waals surface area contributed by atoms with Crippen LogP contribution in [-0.2, 0) is 4.79 Å². The van der Waals surface area contributed by atoms with Crippen LogP contribution in [0.2, 0.25) is 0 Å². The number of hydrogen-bond acceptors (Lipinski definition) is 2. The lowest BCUT2D eigenvalue weighted by Gasteiger charge is -2.10. The van der Waals surface area contributed by atoms with Crippen molar-refractivity contribution in [1.82, 2.24) is 5.32 Å². The van der Waals surface area contributed by atoms with Crippen LogP contribution in [0.5, 0.6) is 5.75 Å². The summed E-state index contributed by atoms with van der Waals surface area (Å²) in [5.41, 5.74) is 0. The van der Waals surface area contributed by atoms with Gasteiger partial charge in [-0.15, -0.1) is 0 Å². The van der Waals surface area contributed by atoms with E-state index in [0.717, 1.165) is 0 Å². The number of pyridine rings is 1. The lowest BCUT2D eigenvalue weighted by atomic mass is 10.3. The Hall–Kier alpha value is -1.79. The van der Waals surface area contributed by atoms with Crippen molar-refractivity contribution < 1.29 is 27.6 Å². The summed E-state index contributed by atoms with van der Waals surface area (Å²) < 4.78 is 37.0. The molecule has 7 heteroatoms. The zero-order valence-electron chi connectivity index (χ0n) is 9.03. The van der Waals surface area contributed by atoms with Gasteiger partial charge in [-0.05, 0) is 6.07 Å². The van der Waals surface area contributed by atoms with Crippen molar-refractivity contribution in [3.63, 3.8) is 0 Å². The maximum atomic E-state index is 11.9. The molecule has 0 aromatic carbocycles. The Morgan fingerprint density at radius 3 is 2.76 bits per heavy atom. The van der Waals surface area contributed by atoms with E-state index in [1.54, 1.807) is 5.32 Å². The van der Waals surface area contributed by atoms with E-state index >= 15 is 0 Å². The Morgan fingerprint density at radius 1 is 1.59 bits per heavy atom. The molecule has 1 heterocycles. The number of carbonyl (C=O) groups excluding carboxylic acids is 1. The second-order valence-corrected chi connectivity index (χ2v) is 3.52. The minimum atomic E-state index is -4.43. The van der Waals surface area contributed by atoms with Gasteiger partial charge >= 0.3 is 6.18 Å². The summed E-state index contributed by atoms with van der Waals surface area (Å²) in [6, 6.07) is 2.06. The molecule has 0 fully saturated rings. The molecule has 17 heavy (non-hydrogen) atoms. The van der Waals surface area contributed by atoms with Gasteiger partial charge in [0.1, 0.15) is 6.54 Å². The quantitative estimate of drug-likeness (QED) is 0.783. The number of carbonyl (C=O) groups is 1. The van der Waals surface area contributed by atoms with Gasteiger partial charge in [-0.1, -0.05) is 0 Å². The van der Waals surface area contributed by atoms with E-state index < -0.39 is 24.7 Å². The zero-order valence-corrected chi connectivity index (χ0v) is 9.03. The van der Waals surface area contributed by atoms with E-state index in [4.69, 9.17) is 0 Å². The molecule has 1 atom stereocenters. The third kappa shape index (κ3) is 4.29. The fraction of sp³-hybridized carbons (Fsp3) is 0.400. The number of halogens is 3. The first-order valence-corrected chi connectivity index (χ1v) is 4.84. The molecular formula is C10H12F3N2O2+. The highest BCUT2D eigenvalue weighted by molar-refractivity contribution is 5.78. The molecule has 0 unspecified atom stereocenters. The van der Waals surface area contributed by atoms with Gasteiger partial charge in [-0.3, -0.25) is 4.79 Å². The van der Waals surface area contributed by atoms with E-state index in [9.17, 15) is 23.1 Å². The van der Waals surface area contributed by atoms with E-state index in [2.05, 4.69) is 0 Å². The molecule has 0 bridgehead atoms. The van der Waals surface area contributed by atoms with Gasteiger partial charge in [0, 0.05) is 13.0 Å². The fourth-order valence-electron chi connectivity index (χ4n) is 1.19. The monoisotopic (exact) mass is 249 g/mol. The largest absolute Gasteiger partial charge is 0.503 e. The second-order valence-electron chi connectivity index (χ2n) is 3.52. The van der Waals surface area contributed by atoms with Crippen molar-refractivity contribution in [2.45, 2.75) is 19.1 Å². The van der Waals surface area contributed by atoms with Crippen LogP contribution >= 0.6 is 0 Å². The smallest absolute Gasteiger partial charge is 0.405 e. The van der Waals surface area contributed by atoms with Gasteiger partial charge in [0.25, 0.3) is 5.91 Å². The molecule has 0 spiro atoms. The van der Waals surface area contributed by atoms with Crippen molar-refractivity contribution in [3.8, 4) is 5.75 Å². The summed E-state index contributed by atoms with van der Waals surface area (Å²) >= 11 is 0. The average molecular weight is 249 g/mol. The molecule has 0 aliphatic rings. The molecule has 2 N–H and O–H groups in total. The van der Waals surface area contributed by atoms with Crippen LogP contribution in [-0.4, -0.2) is 23.7 Å². The van der Waals surface area contributed by atoms with Gasteiger partial charge in [0.15, 0.2) is 11.9 Å². The number of rotatable bonds is 3. The number of hydrogen-bond donors (Lipinski definition) is 2. The number of alkyl halides is 3. The highest BCUT2D eigenvalue weighted by Gasteiger charge is 2.30. The lowest BCUT2D eigenvalue weighted by Crippen LogP contribution is -2.48. The third-order valence-electron chi connectivity index (χ3n) is 2.10. The topological polar surface area (TPSA) is 53.2 Å². The molecule has 4 nitrogen and oxygen atoms in total. The average Bonchev–Trinajstić information content (AvgIpc) is 2.24. The summed E-state index contributed by atoms with van der Waals surface area (Å²) in [4.78, 5) is 11.4. The fourth-order valence-corrected chi connectivity index (χ4v) is 1.19. The predicted octanol–water partition coefficient (Wildman–Crippen LogP) is 0.919. The van der Waals surface area contributed by atoms with Crippen LogP contribution < -0.4 is 9.88 Å². The summed E-state index contributed by atoms with van der Waals surface area (Å²) in [6.45, 7) is 0.0701. The van der Waals surface area contributed by atoms with Crippen molar-refractivity contribution in [3.05, 3.63) is 24.5 Å². The highest BCUT2D eigenvalue weighted by atomic mass is 19.4.